The maximum Gasteiger partial charge on any atom is 0.181 e. The van der Waals surface area contributed by atoms with Crippen LogP contribution >= 0.6 is 0 Å². The summed E-state index contributed by atoms with van der Waals surface area (Å²) in [5, 5.41) is 0. The van der Waals surface area contributed by atoms with Gasteiger partial charge in [0.2, 0.25) is 0 Å². The Hall–Kier alpha value is -0.940. The van der Waals surface area contributed by atoms with Crippen LogP contribution in [0.4, 0.5) is 0 Å². The van der Waals surface area contributed by atoms with Crippen molar-refractivity contribution in [3.63, 3.8) is 0 Å². The predicted molar refractivity (Wildman–Crippen MR) is 67.2 cm³/mol. The maximum absolute atomic E-state index is 9.08. The van der Waals surface area contributed by atoms with Gasteiger partial charge < -0.3 is 4.55 Å². The van der Waals surface area contributed by atoms with Crippen LogP contribution in [0.3, 0.4) is 0 Å². The molecular weight excluding hydrogens is 250 g/mol. The molecule has 5 heteroatoms. The molecule has 1 aromatic heterocycles. The molecule has 100 valence electrons. The molecule has 1 aromatic rings. The fourth-order valence-corrected chi connectivity index (χ4v) is 2.67. The van der Waals surface area contributed by atoms with Gasteiger partial charge in [0.15, 0.2) is 11.9 Å². The van der Waals surface area contributed by atoms with Crippen LogP contribution in [0.15, 0.2) is 12.3 Å². The first-order chi connectivity index (χ1) is 8.43. The molecule has 0 aromatic carbocycles. The second-order valence-electron chi connectivity index (χ2n) is 5.02. The third kappa shape index (κ3) is 3.78. The molecule has 0 saturated carbocycles. The molecule has 18 heavy (non-hydrogen) atoms. The Morgan fingerprint density at radius 3 is 2.50 bits per heavy atom. The maximum atomic E-state index is 9.08. The highest BCUT2D eigenvalue weighted by molar-refractivity contribution is 7.84. The minimum Gasteiger partial charge on any atom is -0.748 e. The topological polar surface area (TPSA) is 61.1 Å². The lowest BCUT2D eigenvalue weighted by molar-refractivity contribution is -0.709. The fraction of sp³-hybridized carbons (Fsp3) is 0.615. The van der Waals surface area contributed by atoms with E-state index in [-0.39, 0.29) is 0 Å². The van der Waals surface area contributed by atoms with E-state index >= 15 is 0 Å². The third-order valence-electron chi connectivity index (χ3n) is 3.41. The molecule has 0 unspecified atom stereocenters. The zero-order chi connectivity index (χ0) is 13.2. The molecule has 0 saturated heterocycles. The van der Waals surface area contributed by atoms with Gasteiger partial charge in [-0.15, -0.1) is 0 Å². The van der Waals surface area contributed by atoms with Crippen LogP contribution in [0.25, 0.3) is 0 Å². The second kappa shape index (κ2) is 5.36. The number of aromatic nitrogens is 1. The van der Waals surface area contributed by atoms with Crippen molar-refractivity contribution in [2.45, 2.75) is 45.1 Å². The zero-order valence-electron chi connectivity index (χ0n) is 10.7. The van der Waals surface area contributed by atoms with Gasteiger partial charge in [-0.3, -0.25) is 0 Å². The Morgan fingerprint density at radius 2 is 1.78 bits per heavy atom. The Bertz CT molecular complexity index is 496. The number of fused-ring (bicyclic) bond motifs is 2. The fourth-order valence-electron chi connectivity index (χ4n) is 2.67. The summed E-state index contributed by atoms with van der Waals surface area (Å²) in [5.74, 6) is 0. The van der Waals surface area contributed by atoms with Crippen molar-refractivity contribution >= 4 is 10.1 Å². The van der Waals surface area contributed by atoms with Gasteiger partial charge >= 0.3 is 0 Å². The standard InChI is InChI=1S/C12H16N.CH4O3S/c1-2-7-13-9-11-5-3-4-10(11)8-12(13)6-1;1-5(2,3)4/h8-9H,1-7H2;1H3,(H,2,3,4)/q+1;/p-1. The first-order valence-corrected chi connectivity index (χ1v) is 8.20. The summed E-state index contributed by atoms with van der Waals surface area (Å²) < 4.78 is 29.7. The quantitative estimate of drug-likeness (QED) is 0.520. The zero-order valence-corrected chi connectivity index (χ0v) is 11.5. The van der Waals surface area contributed by atoms with Crippen LogP contribution in [0, 0.1) is 0 Å². The summed E-state index contributed by atoms with van der Waals surface area (Å²) in [5.41, 5.74) is 4.82. The summed E-state index contributed by atoms with van der Waals surface area (Å²) in [4.78, 5) is 0. The van der Waals surface area contributed by atoms with Crippen molar-refractivity contribution in [2.75, 3.05) is 6.26 Å². The molecule has 0 N–H and O–H groups in total. The van der Waals surface area contributed by atoms with E-state index in [2.05, 4.69) is 16.8 Å². The average Bonchev–Trinajstić information content (AvgIpc) is 2.70. The van der Waals surface area contributed by atoms with Gasteiger partial charge in [-0.25, -0.2) is 13.0 Å². The number of aryl methyl sites for hydroxylation is 4. The largest absolute Gasteiger partial charge is 0.748 e. The monoisotopic (exact) mass is 269 g/mol. The molecular formula is C13H19NO3S. The van der Waals surface area contributed by atoms with E-state index in [1.54, 1.807) is 16.8 Å². The van der Waals surface area contributed by atoms with E-state index in [0.29, 0.717) is 6.26 Å². The Labute approximate surface area is 108 Å². The minimum atomic E-state index is -3.92. The van der Waals surface area contributed by atoms with Gasteiger partial charge in [0.05, 0.1) is 10.1 Å². The molecule has 1 aliphatic carbocycles. The number of nitrogens with zero attached hydrogens (tertiary/aromatic N) is 1. The van der Waals surface area contributed by atoms with Gasteiger partial charge in [0, 0.05) is 30.7 Å². The van der Waals surface area contributed by atoms with E-state index < -0.39 is 10.1 Å². The molecule has 0 amide bonds. The Kier molecular flexibility index (Phi) is 4.02. The average molecular weight is 269 g/mol. The van der Waals surface area contributed by atoms with Gasteiger partial charge in [-0.2, -0.15) is 0 Å². The van der Waals surface area contributed by atoms with Crippen LogP contribution in [0.5, 0.6) is 0 Å². The van der Waals surface area contributed by atoms with Gasteiger partial charge in [-0.05, 0) is 31.2 Å². The molecule has 4 nitrogen and oxygen atoms in total. The van der Waals surface area contributed by atoms with E-state index in [0.717, 1.165) is 0 Å². The summed E-state index contributed by atoms with van der Waals surface area (Å²) in [6, 6.07) is 2.46. The van der Waals surface area contributed by atoms with Crippen LogP contribution in [0.1, 0.15) is 36.1 Å². The lowest BCUT2D eigenvalue weighted by Crippen LogP contribution is -2.41. The Morgan fingerprint density at radius 1 is 1.11 bits per heavy atom. The number of rotatable bonds is 0. The summed E-state index contributed by atoms with van der Waals surface area (Å²) in [6.45, 7) is 1.25. The van der Waals surface area contributed by atoms with Crippen LogP contribution < -0.4 is 4.57 Å². The Balaban J connectivity index is 0.000000209. The van der Waals surface area contributed by atoms with E-state index in [1.807, 2.05) is 0 Å². The highest BCUT2D eigenvalue weighted by Gasteiger charge is 2.21. The van der Waals surface area contributed by atoms with E-state index in [4.69, 9.17) is 13.0 Å². The van der Waals surface area contributed by atoms with E-state index in [1.165, 1.54) is 45.1 Å². The molecule has 3 rings (SSSR count). The van der Waals surface area contributed by atoms with Crippen molar-refractivity contribution in [1.82, 2.24) is 0 Å². The number of hydrogen-bond acceptors (Lipinski definition) is 3. The first kappa shape index (κ1) is 13.5. The molecule has 0 atom stereocenters. The molecule has 0 radical (unpaired) electrons. The summed E-state index contributed by atoms with van der Waals surface area (Å²) >= 11 is 0. The normalized spacial score (nSPS) is 17.4. The molecule has 1 aliphatic heterocycles. The first-order valence-electron chi connectivity index (χ1n) is 6.38. The van der Waals surface area contributed by atoms with Gasteiger partial charge in [-0.1, -0.05) is 0 Å². The molecule has 0 spiro atoms. The minimum absolute atomic E-state index is 0.604. The summed E-state index contributed by atoms with van der Waals surface area (Å²) in [6.07, 6.45) is 11.1. The lowest BCUT2D eigenvalue weighted by atomic mass is 10.0. The van der Waals surface area contributed by atoms with Crippen molar-refractivity contribution in [3.8, 4) is 0 Å². The smallest absolute Gasteiger partial charge is 0.181 e. The van der Waals surface area contributed by atoms with Crippen molar-refractivity contribution in [1.29, 1.82) is 0 Å². The number of hydrogen-bond donors (Lipinski definition) is 0. The molecule has 2 aliphatic rings. The second-order valence-corrected chi connectivity index (χ2v) is 6.43. The van der Waals surface area contributed by atoms with Crippen LogP contribution in [-0.4, -0.2) is 19.2 Å². The van der Waals surface area contributed by atoms with Crippen molar-refractivity contribution < 1.29 is 17.5 Å². The van der Waals surface area contributed by atoms with Crippen molar-refractivity contribution in [3.05, 3.63) is 29.1 Å². The number of pyridine rings is 1. The van der Waals surface area contributed by atoms with Gasteiger partial charge in [0.25, 0.3) is 0 Å². The molecule has 2 heterocycles. The highest BCUT2D eigenvalue weighted by Crippen LogP contribution is 2.22. The van der Waals surface area contributed by atoms with Crippen LogP contribution in [-0.2, 0) is 35.9 Å². The third-order valence-corrected chi connectivity index (χ3v) is 3.41. The lowest BCUT2D eigenvalue weighted by Gasteiger charge is -2.11. The summed E-state index contributed by atoms with van der Waals surface area (Å²) in [7, 11) is -3.92. The van der Waals surface area contributed by atoms with Crippen LogP contribution in [0.2, 0.25) is 0 Å². The predicted octanol–water partition coefficient (Wildman–Crippen LogP) is 0.960. The highest BCUT2D eigenvalue weighted by atomic mass is 32.2. The van der Waals surface area contributed by atoms with Gasteiger partial charge in [0.1, 0.15) is 6.54 Å². The molecule has 0 bridgehead atoms. The molecule has 0 fully saturated rings. The van der Waals surface area contributed by atoms with Crippen molar-refractivity contribution in [2.24, 2.45) is 0 Å². The van der Waals surface area contributed by atoms with E-state index in [9.17, 15) is 0 Å². The SMILES string of the molecule is CS(=O)(=O)[O-].c1c2c(c[n+]3c1CCCC3)CCC2.